The summed E-state index contributed by atoms with van der Waals surface area (Å²) >= 11 is 5.33. The number of ether oxygens (including phenoxy) is 1. The molecule has 0 radical (unpaired) electrons. The number of imidazole rings is 1. The maximum absolute atomic E-state index is 5.64. The predicted molar refractivity (Wildman–Crippen MR) is 79.9 cm³/mol. The average molecular weight is 279 g/mol. The third-order valence-electron chi connectivity index (χ3n) is 3.04. The standard InChI is InChI=1S/C14H21N3OS/c1-10(2)4-6-18-7-5-17-13-12(16-14(17)19)8-11(3)9-15-13/h8-10H,4-7H2,1-3H3,(H,16,19). The highest BCUT2D eigenvalue weighted by molar-refractivity contribution is 7.71. The Kier molecular flexibility index (Phi) is 4.71. The largest absolute Gasteiger partial charge is 0.380 e. The molecule has 0 saturated carbocycles. The Bertz CT molecular complexity index is 600. The van der Waals surface area contributed by atoms with Gasteiger partial charge in [0.05, 0.1) is 18.7 Å². The quantitative estimate of drug-likeness (QED) is 0.650. The van der Waals surface area contributed by atoms with E-state index in [4.69, 9.17) is 17.0 Å². The maximum Gasteiger partial charge on any atom is 0.179 e. The van der Waals surface area contributed by atoms with Gasteiger partial charge < -0.3 is 9.72 Å². The van der Waals surface area contributed by atoms with Gasteiger partial charge in [0.15, 0.2) is 10.4 Å². The number of fused-ring (bicyclic) bond motifs is 1. The summed E-state index contributed by atoms with van der Waals surface area (Å²) in [7, 11) is 0. The fourth-order valence-corrected chi connectivity index (χ4v) is 2.22. The van der Waals surface area contributed by atoms with Crippen LogP contribution in [-0.2, 0) is 11.3 Å². The molecule has 0 aromatic carbocycles. The lowest BCUT2D eigenvalue weighted by molar-refractivity contribution is 0.116. The molecule has 0 amide bonds. The monoisotopic (exact) mass is 279 g/mol. The van der Waals surface area contributed by atoms with Crippen LogP contribution >= 0.6 is 12.2 Å². The van der Waals surface area contributed by atoms with Crippen LogP contribution in [0.1, 0.15) is 25.8 Å². The normalized spacial score (nSPS) is 11.6. The maximum atomic E-state index is 5.64. The first-order chi connectivity index (χ1) is 9.08. The Morgan fingerprint density at radius 2 is 2.21 bits per heavy atom. The van der Waals surface area contributed by atoms with Crippen LogP contribution in [0.3, 0.4) is 0 Å². The van der Waals surface area contributed by atoms with E-state index in [2.05, 4.69) is 29.9 Å². The topological polar surface area (TPSA) is 42.8 Å². The van der Waals surface area contributed by atoms with E-state index in [1.807, 2.05) is 17.7 Å². The second kappa shape index (κ2) is 6.30. The van der Waals surface area contributed by atoms with Crippen molar-refractivity contribution in [2.75, 3.05) is 13.2 Å². The van der Waals surface area contributed by atoms with E-state index in [-0.39, 0.29) is 0 Å². The number of hydrogen-bond acceptors (Lipinski definition) is 3. The molecular formula is C14H21N3OS. The molecule has 0 unspecified atom stereocenters. The summed E-state index contributed by atoms with van der Waals surface area (Å²) in [5.41, 5.74) is 3.03. The predicted octanol–water partition coefficient (Wildman–Crippen LogP) is 3.47. The van der Waals surface area contributed by atoms with E-state index >= 15 is 0 Å². The number of rotatable bonds is 6. The lowest BCUT2D eigenvalue weighted by atomic mass is 10.1. The summed E-state index contributed by atoms with van der Waals surface area (Å²) in [6.07, 6.45) is 2.96. The van der Waals surface area contributed by atoms with Crippen molar-refractivity contribution in [3.63, 3.8) is 0 Å². The van der Waals surface area contributed by atoms with Gasteiger partial charge in [0.2, 0.25) is 0 Å². The third-order valence-corrected chi connectivity index (χ3v) is 3.37. The summed E-state index contributed by atoms with van der Waals surface area (Å²) in [6, 6.07) is 2.06. The highest BCUT2D eigenvalue weighted by atomic mass is 32.1. The van der Waals surface area contributed by atoms with Crippen LogP contribution in [0.15, 0.2) is 12.3 Å². The summed E-state index contributed by atoms with van der Waals surface area (Å²) in [5, 5.41) is 0. The first kappa shape index (κ1) is 14.2. The zero-order chi connectivity index (χ0) is 13.8. The summed E-state index contributed by atoms with van der Waals surface area (Å²) < 4.78 is 8.34. The van der Waals surface area contributed by atoms with Crippen LogP contribution < -0.4 is 0 Å². The Morgan fingerprint density at radius 3 is 2.95 bits per heavy atom. The fraction of sp³-hybridized carbons (Fsp3) is 0.571. The van der Waals surface area contributed by atoms with E-state index in [0.29, 0.717) is 17.3 Å². The van der Waals surface area contributed by atoms with E-state index in [1.54, 1.807) is 0 Å². The molecule has 0 aliphatic carbocycles. The van der Waals surface area contributed by atoms with E-state index in [0.717, 1.165) is 36.3 Å². The van der Waals surface area contributed by atoms with Gasteiger partial charge in [0.1, 0.15) is 0 Å². The van der Waals surface area contributed by atoms with Gasteiger partial charge in [0, 0.05) is 12.8 Å². The first-order valence-corrected chi connectivity index (χ1v) is 7.11. The molecule has 2 heterocycles. The number of aromatic amines is 1. The number of aryl methyl sites for hydroxylation is 1. The highest BCUT2D eigenvalue weighted by Gasteiger charge is 2.05. The molecule has 104 valence electrons. The molecule has 0 atom stereocenters. The highest BCUT2D eigenvalue weighted by Crippen LogP contribution is 2.12. The van der Waals surface area contributed by atoms with Crippen LogP contribution in [0.25, 0.3) is 11.2 Å². The molecule has 0 fully saturated rings. The van der Waals surface area contributed by atoms with Gasteiger partial charge in [-0.3, -0.25) is 4.57 Å². The summed E-state index contributed by atoms with van der Waals surface area (Å²) in [4.78, 5) is 7.62. The van der Waals surface area contributed by atoms with Crippen LogP contribution in [0.2, 0.25) is 0 Å². The molecule has 19 heavy (non-hydrogen) atoms. The molecule has 0 aliphatic rings. The molecule has 4 nitrogen and oxygen atoms in total. The molecule has 5 heteroatoms. The average Bonchev–Trinajstić information content (AvgIpc) is 2.64. The summed E-state index contributed by atoms with van der Waals surface area (Å²) in [5.74, 6) is 0.680. The van der Waals surface area contributed by atoms with Gasteiger partial charge in [-0.1, -0.05) is 13.8 Å². The molecule has 2 rings (SSSR count). The van der Waals surface area contributed by atoms with Crippen molar-refractivity contribution in [1.82, 2.24) is 14.5 Å². The molecule has 1 N–H and O–H groups in total. The molecule has 0 aliphatic heterocycles. The lowest BCUT2D eigenvalue weighted by Gasteiger charge is -2.07. The Hall–Kier alpha value is -1.20. The van der Waals surface area contributed by atoms with E-state index < -0.39 is 0 Å². The van der Waals surface area contributed by atoms with Gasteiger partial charge in [-0.05, 0) is 43.1 Å². The van der Waals surface area contributed by atoms with Gasteiger partial charge in [-0.2, -0.15) is 0 Å². The number of aromatic nitrogens is 3. The Balaban J connectivity index is 2.00. The molecule has 2 aromatic rings. The van der Waals surface area contributed by atoms with Gasteiger partial charge >= 0.3 is 0 Å². The molecule has 2 aromatic heterocycles. The molecular weight excluding hydrogens is 258 g/mol. The lowest BCUT2D eigenvalue weighted by Crippen LogP contribution is -2.08. The van der Waals surface area contributed by atoms with Crippen molar-refractivity contribution >= 4 is 23.4 Å². The van der Waals surface area contributed by atoms with E-state index in [9.17, 15) is 0 Å². The van der Waals surface area contributed by atoms with E-state index in [1.165, 1.54) is 0 Å². The van der Waals surface area contributed by atoms with Gasteiger partial charge in [-0.25, -0.2) is 4.98 Å². The van der Waals surface area contributed by atoms with Crippen LogP contribution in [-0.4, -0.2) is 27.7 Å². The number of nitrogens with zero attached hydrogens (tertiary/aromatic N) is 2. The SMILES string of the molecule is Cc1cnc2c(c1)[nH]c(=S)n2CCOCCC(C)C. The Morgan fingerprint density at radius 1 is 1.42 bits per heavy atom. The minimum Gasteiger partial charge on any atom is -0.380 e. The van der Waals surface area contributed by atoms with Crippen molar-refractivity contribution in [2.24, 2.45) is 5.92 Å². The van der Waals surface area contributed by atoms with Gasteiger partial charge in [0.25, 0.3) is 0 Å². The second-order valence-corrected chi connectivity index (χ2v) is 5.65. The summed E-state index contributed by atoms with van der Waals surface area (Å²) in [6.45, 7) is 8.64. The van der Waals surface area contributed by atoms with Crippen molar-refractivity contribution in [2.45, 2.75) is 33.7 Å². The minimum absolute atomic E-state index is 0.670. The van der Waals surface area contributed by atoms with Crippen LogP contribution in [0.5, 0.6) is 0 Å². The van der Waals surface area contributed by atoms with Crippen LogP contribution in [0, 0.1) is 17.6 Å². The Labute approximate surface area is 118 Å². The third kappa shape index (κ3) is 3.64. The van der Waals surface area contributed by atoms with Crippen molar-refractivity contribution in [3.05, 3.63) is 22.6 Å². The van der Waals surface area contributed by atoms with Gasteiger partial charge in [-0.15, -0.1) is 0 Å². The fourth-order valence-electron chi connectivity index (χ4n) is 1.93. The van der Waals surface area contributed by atoms with Crippen molar-refractivity contribution in [1.29, 1.82) is 0 Å². The zero-order valence-electron chi connectivity index (χ0n) is 11.8. The molecule has 0 saturated heterocycles. The number of pyridine rings is 1. The van der Waals surface area contributed by atoms with Crippen molar-refractivity contribution < 1.29 is 4.74 Å². The molecule has 0 spiro atoms. The smallest absolute Gasteiger partial charge is 0.179 e. The van der Waals surface area contributed by atoms with Crippen molar-refractivity contribution in [3.8, 4) is 0 Å². The van der Waals surface area contributed by atoms with Crippen LogP contribution in [0.4, 0.5) is 0 Å². The second-order valence-electron chi connectivity index (χ2n) is 5.26. The number of hydrogen-bond donors (Lipinski definition) is 1. The number of nitrogens with one attached hydrogen (secondary N) is 1. The first-order valence-electron chi connectivity index (χ1n) is 6.71. The molecule has 0 bridgehead atoms. The zero-order valence-corrected chi connectivity index (χ0v) is 12.6. The number of H-pyrrole nitrogens is 1. The minimum atomic E-state index is 0.670.